The minimum Gasteiger partial charge on any atom is -0.307 e. The first-order valence-corrected chi connectivity index (χ1v) is 7.44. The molecule has 2 rings (SSSR count). The lowest BCUT2D eigenvalue weighted by molar-refractivity contribution is 0.491. The third-order valence-electron chi connectivity index (χ3n) is 2.97. The Balaban J connectivity index is 2.21. The predicted octanol–water partition coefficient (Wildman–Crippen LogP) is 3.66. The molecule has 0 saturated carbocycles. The molecule has 1 aromatic carbocycles. The van der Waals surface area contributed by atoms with Crippen molar-refractivity contribution in [2.75, 3.05) is 6.54 Å². The summed E-state index contributed by atoms with van der Waals surface area (Å²) in [5.41, 5.74) is 0.653. The monoisotopic (exact) mass is 337 g/mol. The smallest absolute Gasteiger partial charge is 0.145 e. The average Bonchev–Trinajstić information content (AvgIpc) is 2.48. The lowest BCUT2D eigenvalue weighted by Crippen LogP contribution is -2.26. The van der Waals surface area contributed by atoms with Gasteiger partial charge in [0.1, 0.15) is 11.6 Å². The van der Waals surface area contributed by atoms with Crippen molar-refractivity contribution in [1.82, 2.24) is 15.3 Å². The van der Waals surface area contributed by atoms with Gasteiger partial charge in [-0.1, -0.05) is 22.9 Å². The molecule has 1 heterocycles. The summed E-state index contributed by atoms with van der Waals surface area (Å²) in [6.07, 6.45) is 4.94. The Morgan fingerprint density at radius 2 is 2.05 bits per heavy atom. The molecule has 3 nitrogen and oxygen atoms in total. The molecule has 1 aromatic heterocycles. The molecule has 2 aromatic rings. The van der Waals surface area contributed by atoms with Crippen molar-refractivity contribution >= 4 is 15.9 Å². The summed E-state index contributed by atoms with van der Waals surface area (Å²) in [5, 5.41) is 3.37. The summed E-state index contributed by atoms with van der Waals surface area (Å²) in [7, 11) is 0. The van der Waals surface area contributed by atoms with Crippen LogP contribution < -0.4 is 5.32 Å². The van der Waals surface area contributed by atoms with Crippen LogP contribution in [0.1, 0.15) is 30.8 Å². The van der Waals surface area contributed by atoms with E-state index < -0.39 is 0 Å². The van der Waals surface area contributed by atoms with E-state index in [1.165, 1.54) is 6.07 Å². The minimum atomic E-state index is -0.201. The summed E-state index contributed by atoms with van der Waals surface area (Å²) >= 11 is 3.38. The van der Waals surface area contributed by atoms with E-state index in [9.17, 15) is 4.39 Å². The highest BCUT2D eigenvalue weighted by Gasteiger charge is 2.16. The Morgan fingerprint density at radius 1 is 1.30 bits per heavy atom. The molecular formula is C15H17BrFN3. The zero-order valence-corrected chi connectivity index (χ0v) is 12.9. The largest absolute Gasteiger partial charge is 0.307 e. The summed E-state index contributed by atoms with van der Waals surface area (Å²) in [6, 6.07) is 6.67. The molecular weight excluding hydrogens is 321 g/mol. The summed E-state index contributed by atoms with van der Waals surface area (Å²) in [4.78, 5) is 8.54. The first kappa shape index (κ1) is 15.1. The molecule has 0 bridgehead atoms. The zero-order chi connectivity index (χ0) is 14.4. The first-order valence-electron chi connectivity index (χ1n) is 6.65. The molecule has 0 fully saturated rings. The van der Waals surface area contributed by atoms with Crippen LogP contribution >= 0.6 is 15.9 Å². The highest BCUT2D eigenvalue weighted by Crippen LogP contribution is 2.21. The quantitative estimate of drug-likeness (QED) is 0.873. The fraction of sp³-hybridized carbons (Fsp3) is 0.333. The number of nitrogens with zero attached hydrogens (tertiary/aromatic N) is 2. The summed E-state index contributed by atoms with van der Waals surface area (Å²) < 4.78 is 14.8. The maximum Gasteiger partial charge on any atom is 0.145 e. The third-order valence-corrected chi connectivity index (χ3v) is 3.46. The van der Waals surface area contributed by atoms with Gasteiger partial charge in [-0.2, -0.15) is 0 Å². The Morgan fingerprint density at radius 3 is 2.75 bits per heavy atom. The first-order chi connectivity index (χ1) is 9.70. The lowest BCUT2D eigenvalue weighted by Gasteiger charge is -2.17. The average molecular weight is 338 g/mol. The second-order valence-electron chi connectivity index (χ2n) is 4.55. The maximum atomic E-state index is 13.9. The van der Waals surface area contributed by atoms with Gasteiger partial charge in [0.2, 0.25) is 0 Å². The summed E-state index contributed by atoms with van der Waals surface area (Å²) in [5.74, 6) is 0.493. The van der Waals surface area contributed by atoms with E-state index in [2.05, 4.69) is 38.1 Å². The van der Waals surface area contributed by atoms with Gasteiger partial charge in [-0.15, -0.1) is 0 Å². The fourth-order valence-electron chi connectivity index (χ4n) is 1.98. The molecule has 1 N–H and O–H groups in total. The number of hydrogen-bond acceptors (Lipinski definition) is 3. The van der Waals surface area contributed by atoms with Gasteiger partial charge in [-0.3, -0.25) is 0 Å². The van der Waals surface area contributed by atoms with Crippen LogP contribution in [0.3, 0.4) is 0 Å². The van der Waals surface area contributed by atoms with Gasteiger partial charge >= 0.3 is 0 Å². The molecule has 0 spiro atoms. The van der Waals surface area contributed by atoms with Crippen molar-refractivity contribution in [2.24, 2.45) is 0 Å². The van der Waals surface area contributed by atoms with Gasteiger partial charge in [0, 0.05) is 16.9 Å². The van der Waals surface area contributed by atoms with Gasteiger partial charge in [-0.25, -0.2) is 14.4 Å². The van der Waals surface area contributed by atoms with Crippen LogP contribution in [0.5, 0.6) is 0 Å². The molecule has 0 saturated heterocycles. The van der Waals surface area contributed by atoms with Crippen LogP contribution in [-0.4, -0.2) is 16.5 Å². The van der Waals surface area contributed by atoms with Gasteiger partial charge in [0.05, 0.1) is 6.04 Å². The number of hydrogen-bond donors (Lipinski definition) is 1. The molecule has 0 aliphatic rings. The standard InChI is InChI=1S/C15H17BrFN3/c1-2-6-18-14(15-19-7-3-8-20-15)10-11-9-12(16)4-5-13(11)17/h3-5,7-9,14,18H,2,6,10H2,1H3. The number of aromatic nitrogens is 2. The normalized spacial score (nSPS) is 12.3. The van der Waals surface area contributed by atoms with Crippen molar-refractivity contribution < 1.29 is 4.39 Å². The maximum absolute atomic E-state index is 13.9. The molecule has 0 amide bonds. The predicted molar refractivity (Wildman–Crippen MR) is 80.9 cm³/mol. The summed E-state index contributed by atoms with van der Waals surface area (Å²) in [6.45, 7) is 2.94. The lowest BCUT2D eigenvalue weighted by atomic mass is 10.0. The topological polar surface area (TPSA) is 37.8 Å². The van der Waals surface area contributed by atoms with Crippen LogP contribution in [0.25, 0.3) is 0 Å². The highest BCUT2D eigenvalue weighted by molar-refractivity contribution is 9.10. The van der Waals surface area contributed by atoms with Crippen molar-refractivity contribution in [3.8, 4) is 0 Å². The number of halogens is 2. The van der Waals surface area contributed by atoms with Gasteiger partial charge in [-0.05, 0) is 49.2 Å². The third kappa shape index (κ3) is 4.08. The second kappa shape index (κ2) is 7.45. The molecule has 1 atom stereocenters. The van der Waals surface area contributed by atoms with Crippen LogP contribution in [-0.2, 0) is 6.42 Å². The molecule has 1 unspecified atom stereocenters. The number of nitrogens with one attached hydrogen (secondary N) is 1. The number of rotatable bonds is 6. The van der Waals surface area contributed by atoms with Crippen LogP contribution in [0, 0.1) is 5.82 Å². The van der Waals surface area contributed by atoms with E-state index in [1.54, 1.807) is 30.6 Å². The van der Waals surface area contributed by atoms with Crippen LogP contribution in [0.15, 0.2) is 41.1 Å². The van der Waals surface area contributed by atoms with Gasteiger partial charge in [0.15, 0.2) is 0 Å². The molecule has 0 aliphatic carbocycles. The fourth-order valence-corrected chi connectivity index (χ4v) is 2.39. The van der Waals surface area contributed by atoms with Gasteiger partial charge < -0.3 is 5.32 Å². The second-order valence-corrected chi connectivity index (χ2v) is 5.47. The molecule has 106 valence electrons. The van der Waals surface area contributed by atoms with Crippen LogP contribution in [0.2, 0.25) is 0 Å². The van der Waals surface area contributed by atoms with E-state index in [0.717, 1.165) is 17.4 Å². The Labute approximate surface area is 126 Å². The highest BCUT2D eigenvalue weighted by atomic mass is 79.9. The van der Waals surface area contributed by atoms with Gasteiger partial charge in [0.25, 0.3) is 0 Å². The van der Waals surface area contributed by atoms with Crippen molar-refractivity contribution in [1.29, 1.82) is 0 Å². The van der Waals surface area contributed by atoms with E-state index in [0.29, 0.717) is 17.8 Å². The zero-order valence-electron chi connectivity index (χ0n) is 11.3. The molecule has 0 aliphatic heterocycles. The Bertz CT molecular complexity index is 548. The molecule has 20 heavy (non-hydrogen) atoms. The van der Waals surface area contributed by atoms with E-state index in [4.69, 9.17) is 0 Å². The minimum absolute atomic E-state index is 0.0834. The molecule has 0 radical (unpaired) electrons. The Hall–Kier alpha value is -1.33. The molecule has 5 heteroatoms. The van der Waals surface area contributed by atoms with E-state index >= 15 is 0 Å². The van der Waals surface area contributed by atoms with Crippen LogP contribution in [0.4, 0.5) is 4.39 Å². The van der Waals surface area contributed by atoms with Crippen molar-refractivity contribution in [2.45, 2.75) is 25.8 Å². The SMILES string of the molecule is CCCNC(Cc1cc(Br)ccc1F)c1ncccn1. The van der Waals surface area contributed by atoms with Crippen molar-refractivity contribution in [3.05, 3.63) is 58.3 Å². The van der Waals surface area contributed by atoms with E-state index in [-0.39, 0.29) is 11.9 Å². The number of benzene rings is 1. The van der Waals surface area contributed by atoms with Crippen molar-refractivity contribution in [3.63, 3.8) is 0 Å². The Kier molecular flexibility index (Phi) is 5.61. The van der Waals surface area contributed by atoms with E-state index in [1.807, 2.05) is 0 Å².